The highest BCUT2D eigenvalue weighted by atomic mass is 35.5. The Morgan fingerprint density at radius 3 is 2.61 bits per heavy atom. The number of nitrogens with one attached hydrogen (secondary N) is 2. The van der Waals surface area contributed by atoms with Crippen molar-refractivity contribution in [2.45, 2.75) is 50.5 Å². The smallest absolute Gasteiger partial charge is 0.321 e. The first-order chi connectivity index (χ1) is 8.59. The lowest BCUT2D eigenvalue weighted by atomic mass is 9.98. The summed E-state index contributed by atoms with van der Waals surface area (Å²) in [5.41, 5.74) is 0. The molecule has 104 valence electrons. The van der Waals surface area contributed by atoms with E-state index >= 15 is 0 Å². The molecule has 5 nitrogen and oxygen atoms in total. The predicted octanol–water partition coefficient (Wildman–Crippen LogP) is 1.79. The van der Waals surface area contributed by atoms with Crippen LogP contribution in [-0.2, 0) is 9.53 Å². The van der Waals surface area contributed by atoms with Gasteiger partial charge in [-0.25, -0.2) is 4.79 Å². The van der Waals surface area contributed by atoms with Crippen LogP contribution in [0.3, 0.4) is 0 Å². The van der Waals surface area contributed by atoms with Crippen LogP contribution in [0.1, 0.15) is 39.0 Å². The van der Waals surface area contributed by atoms with Crippen molar-refractivity contribution in [1.82, 2.24) is 10.6 Å². The molecule has 3 amide bonds. The lowest BCUT2D eigenvalue weighted by Crippen LogP contribution is -2.43. The molecule has 6 heteroatoms. The lowest BCUT2D eigenvalue weighted by molar-refractivity contribution is -0.119. The van der Waals surface area contributed by atoms with Gasteiger partial charge < -0.3 is 10.1 Å². The van der Waals surface area contributed by atoms with Crippen LogP contribution in [0.2, 0.25) is 0 Å². The van der Waals surface area contributed by atoms with Crippen LogP contribution in [0.15, 0.2) is 0 Å². The fourth-order valence-electron chi connectivity index (χ4n) is 1.88. The first kappa shape index (κ1) is 15.2. The average molecular weight is 277 g/mol. The van der Waals surface area contributed by atoms with E-state index in [0.29, 0.717) is 19.3 Å². The summed E-state index contributed by atoms with van der Waals surface area (Å²) in [5, 5.41) is 3.98. The largest absolute Gasteiger partial charge is 0.376 e. The summed E-state index contributed by atoms with van der Waals surface area (Å²) < 4.78 is 5.63. The van der Waals surface area contributed by atoms with E-state index in [4.69, 9.17) is 16.3 Å². The molecular formula is C12H21ClN2O3. The zero-order chi connectivity index (χ0) is 13.4. The Morgan fingerprint density at radius 1 is 1.33 bits per heavy atom. The van der Waals surface area contributed by atoms with Gasteiger partial charge in [0, 0.05) is 6.54 Å². The number of amides is 3. The Hall–Kier alpha value is -0.810. The number of urea groups is 1. The molecule has 2 N–H and O–H groups in total. The van der Waals surface area contributed by atoms with Gasteiger partial charge in [0.15, 0.2) is 0 Å². The molecule has 0 spiro atoms. The lowest BCUT2D eigenvalue weighted by Gasteiger charge is -2.21. The van der Waals surface area contributed by atoms with Gasteiger partial charge in [-0.3, -0.25) is 10.1 Å². The van der Waals surface area contributed by atoms with E-state index in [1.54, 1.807) is 0 Å². The molecule has 0 bridgehead atoms. The summed E-state index contributed by atoms with van der Waals surface area (Å²) in [6, 6.07) is -0.528. The van der Waals surface area contributed by atoms with Crippen LogP contribution in [0.4, 0.5) is 4.79 Å². The number of carbonyl (C=O) groups excluding carboxylic acids is 2. The number of ether oxygens (including phenoxy) is 1. The summed E-state index contributed by atoms with van der Waals surface area (Å²) >= 11 is 5.52. The van der Waals surface area contributed by atoms with Gasteiger partial charge in [0.2, 0.25) is 5.91 Å². The van der Waals surface area contributed by atoms with Crippen LogP contribution in [0, 0.1) is 0 Å². The minimum atomic E-state index is -0.714. The summed E-state index contributed by atoms with van der Waals surface area (Å²) in [6.45, 7) is 2.38. The quantitative estimate of drug-likeness (QED) is 0.594. The van der Waals surface area contributed by atoms with Crippen LogP contribution >= 0.6 is 11.6 Å². The van der Waals surface area contributed by atoms with Gasteiger partial charge in [0.05, 0.1) is 12.7 Å². The van der Waals surface area contributed by atoms with Gasteiger partial charge in [-0.2, -0.15) is 0 Å². The second kappa shape index (κ2) is 8.32. The maximum Gasteiger partial charge on any atom is 0.321 e. The molecule has 1 rings (SSSR count). The van der Waals surface area contributed by atoms with Crippen LogP contribution in [0.25, 0.3) is 0 Å². The van der Waals surface area contributed by atoms with Crippen LogP contribution in [-0.4, -0.2) is 36.6 Å². The fourth-order valence-corrected chi connectivity index (χ4v) is 1.93. The molecule has 1 fully saturated rings. The number of imide groups is 1. The zero-order valence-corrected chi connectivity index (χ0v) is 11.5. The Morgan fingerprint density at radius 2 is 2.00 bits per heavy atom. The first-order valence-electron chi connectivity index (χ1n) is 6.44. The molecule has 0 aromatic carbocycles. The molecule has 0 saturated heterocycles. The van der Waals surface area contributed by atoms with Gasteiger partial charge in [-0.1, -0.05) is 19.3 Å². The zero-order valence-electron chi connectivity index (χ0n) is 10.7. The van der Waals surface area contributed by atoms with Crippen molar-refractivity contribution in [3.63, 3.8) is 0 Å². The molecule has 1 atom stereocenters. The van der Waals surface area contributed by atoms with E-state index in [1.807, 2.05) is 0 Å². The number of hydrogen-bond acceptors (Lipinski definition) is 3. The van der Waals surface area contributed by atoms with Gasteiger partial charge in [-0.15, -0.1) is 11.6 Å². The third-order valence-electron chi connectivity index (χ3n) is 2.89. The van der Waals surface area contributed by atoms with E-state index in [9.17, 15) is 9.59 Å². The maximum atomic E-state index is 11.3. The van der Waals surface area contributed by atoms with Crippen LogP contribution in [0.5, 0.6) is 0 Å². The molecule has 0 heterocycles. The number of carbonyl (C=O) groups is 2. The third-order valence-corrected chi connectivity index (χ3v) is 3.09. The molecule has 1 aliphatic carbocycles. The van der Waals surface area contributed by atoms with E-state index in [1.165, 1.54) is 26.2 Å². The molecule has 0 aromatic heterocycles. The highest BCUT2D eigenvalue weighted by Gasteiger charge is 2.14. The van der Waals surface area contributed by atoms with Gasteiger partial charge in [0.25, 0.3) is 0 Å². The van der Waals surface area contributed by atoms with E-state index in [0.717, 1.165) is 12.8 Å². The van der Waals surface area contributed by atoms with Crippen molar-refractivity contribution in [3.05, 3.63) is 0 Å². The van der Waals surface area contributed by atoms with E-state index in [2.05, 4.69) is 10.6 Å². The van der Waals surface area contributed by atoms with Crippen molar-refractivity contribution >= 4 is 23.5 Å². The minimum absolute atomic E-state index is 0.327. The topological polar surface area (TPSA) is 67.4 Å². The van der Waals surface area contributed by atoms with E-state index in [-0.39, 0.29) is 0 Å². The number of halogens is 1. The second-order valence-electron chi connectivity index (χ2n) is 4.49. The van der Waals surface area contributed by atoms with Crippen molar-refractivity contribution in [1.29, 1.82) is 0 Å². The Bertz CT molecular complexity index is 278. The van der Waals surface area contributed by atoms with Crippen molar-refractivity contribution in [2.75, 3.05) is 13.2 Å². The highest BCUT2D eigenvalue weighted by Crippen LogP contribution is 2.19. The predicted molar refractivity (Wildman–Crippen MR) is 69.7 cm³/mol. The number of hydrogen-bond donors (Lipinski definition) is 2. The molecule has 18 heavy (non-hydrogen) atoms. The molecule has 0 radical (unpaired) electrons. The monoisotopic (exact) mass is 276 g/mol. The second-order valence-corrected chi connectivity index (χ2v) is 5.15. The van der Waals surface area contributed by atoms with Crippen molar-refractivity contribution in [2.24, 2.45) is 0 Å². The van der Waals surface area contributed by atoms with Crippen LogP contribution < -0.4 is 10.6 Å². The first-order valence-corrected chi connectivity index (χ1v) is 6.87. The molecule has 0 aliphatic heterocycles. The Kier molecular flexibility index (Phi) is 7.05. The Balaban J connectivity index is 2.03. The summed E-state index contributed by atoms with van der Waals surface area (Å²) in [4.78, 5) is 22.3. The van der Waals surface area contributed by atoms with Crippen molar-refractivity contribution < 1.29 is 14.3 Å². The van der Waals surface area contributed by atoms with E-state index < -0.39 is 17.3 Å². The summed E-state index contributed by atoms with van der Waals surface area (Å²) in [6.07, 6.45) is 6.27. The normalized spacial score (nSPS) is 18.1. The molecule has 1 aliphatic rings. The molecule has 1 saturated carbocycles. The Labute approximate surface area is 113 Å². The highest BCUT2D eigenvalue weighted by molar-refractivity contribution is 6.31. The number of rotatable bonds is 5. The fraction of sp³-hybridized carbons (Fsp3) is 0.833. The molecule has 1 unspecified atom stereocenters. The van der Waals surface area contributed by atoms with Gasteiger partial charge in [0.1, 0.15) is 5.38 Å². The standard InChI is InChI=1S/C12H21ClN2O3/c1-9(13)11(16)15-12(17)14-7-8-18-10-5-3-2-4-6-10/h9-10H,2-8H2,1H3,(H2,14,15,16,17). The SMILES string of the molecule is CC(Cl)C(=O)NC(=O)NCCOC1CCCCC1. The molecule has 0 aromatic rings. The third kappa shape index (κ3) is 6.21. The summed E-state index contributed by atoms with van der Waals surface area (Å²) in [7, 11) is 0. The van der Waals surface area contributed by atoms with Crippen molar-refractivity contribution in [3.8, 4) is 0 Å². The average Bonchev–Trinajstić information content (AvgIpc) is 2.35. The summed E-state index contributed by atoms with van der Waals surface area (Å²) in [5.74, 6) is -0.498. The number of alkyl halides is 1. The van der Waals surface area contributed by atoms with Gasteiger partial charge in [-0.05, 0) is 19.8 Å². The maximum absolute atomic E-state index is 11.3. The molecular weight excluding hydrogens is 256 g/mol. The van der Waals surface area contributed by atoms with Gasteiger partial charge >= 0.3 is 6.03 Å². The minimum Gasteiger partial charge on any atom is -0.376 e.